The fourth-order valence-corrected chi connectivity index (χ4v) is 2.12. The number of nitrogens with one attached hydrogen (secondary N) is 2. The van der Waals surface area contributed by atoms with Crippen LogP contribution in [-0.2, 0) is 0 Å². The molecule has 5 nitrogen and oxygen atoms in total. The number of nitrogens with zero attached hydrogens (tertiary/aromatic N) is 1. The highest BCUT2D eigenvalue weighted by atomic mass is 35.5. The average Bonchev–Trinajstić information content (AvgIpc) is 2.42. The van der Waals surface area contributed by atoms with Crippen LogP contribution < -0.4 is 16.6 Å². The molecule has 0 aliphatic heterocycles. The molecule has 104 valence electrons. The maximum atomic E-state index is 12.3. The Balaban J connectivity index is 2.31. The summed E-state index contributed by atoms with van der Waals surface area (Å²) in [4.78, 5) is 16.4. The number of nitrogens with two attached hydrogens (primary N) is 1. The van der Waals surface area contributed by atoms with Gasteiger partial charge in [0.25, 0.3) is 5.91 Å². The van der Waals surface area contributed by atoms with Crippen LogP contribution in [0.5, 0.6) is 0 Å². The zero-order chi connectivity index (χ0) is 14.7. The first kappa shape index (κ1) is 14.3. The summed E-state index contributed by atoms with van der Waals surface area (Å²) in [5.41, 5.74) is 5.10. The predicted molar refractivity (Wildman–Crippen MR) is 80.9 cm³/mol. The molecule has 0 unspecified atom stereocenters. The van der Waals surface area contributed by atoms with Crippen molar-refractivity contribution in [3.63, 3.8) is 0 Å². The largest absolute Gasteiger partial charge is 0.320 e. The van der Waals surface area contributed by atoms with Gasteiger partial charge in [0, 0.05) is 11.3 Å². The van der Waals surface area contributed by atoms with Crippen LogP contribution in [0.1, 0.15) is 21.6 Å². The van der Waals surface area contributed by atoms with E-state index in [9.17, 15) is 4.79 Å². The molecule has 6 heteroatoms. The minimum atomic E-state index is -0.261. The van der Waals surface area contributed by atoms with Gasteiger partial charge >= 0.3 is 0 Å². The van der Waals surface area contributed by atoms with Gasteiger partial charge in [-0.2, -0.15) is 0 Å². The lowest BCUT2D eigenvalue weighted by Gasteiger charge is -2.11. The third-order valence-electron chi connectivity index (χ3n) is 2.82. The summed E-state index contributed by atoms with van der Waals surface area (Å²) in [5, 5.41) is 3.31. The highest BCUT2D eigenvalue weighted by Gasteiger charge is 2.12. The second kappa shape index (κ2) is 5.90. The highest BCUT2D eigenvalue weighted by Crippen LogP contribution is 2.26. The van der Waals surface area contributed by atoms with E-state index in [2.05, 4.69) is 15.7 Å². The number of para-hydroxylation sites is 1. The van der Waals surface area contributed by atoms with Crippen molar-refractivity contribution in [2.75, 3.05) is 10.7 Å². The molecule has 20 heavy (non-hydrogen) atoms. The Labute approximate surface area is 122 Å². The van der Waals surface area contributed by atoms with Crippen molar-refractivity contribution in [1.29, 1.82) is 0 Å². The van der Waals surface area contributed by atoms with Crippen molar-refractivity contribution >= 4 is 29.0 Å². The van der Waals surface area contributed by atoms with Crippen LogP contribution in [0.4, 0.5) is 11.5 Å². The molecule has 0 radical (unpaired) electrons. The molecule has 0 fully saturated rings. The number of aromatic nitrogens is 1. The van der Waals surface area contributed by atoms with Crippen molar-refractivity contribution in [1.82, 2.24) is 4.98 Å². The SMILES string of the molecule is Cc1cc(C(=O)Nc2c(C)cccc2Cl)cc(NN)n1. The number of pyridine rings is 1. The molecular weight excluding hydrogens is 276 g/mol. The fourth-order valence-electron chi connectivity index (χ4n) is 1.85. The van der Waals surface area contributed by atoms with E-state index < -0.39 is 0 Å². The number of nitrogen functional groups attached to an aromatic ring is 1. The number of amides is 1. The second-order valence-corrected chi connectivity index (χ2v) is 4.82. The predicted octanol–water partition coefficient (Wildman–Crippen LogP) is 2.89. The summed E-state index contributed by atoms with van der Waals surface area (Å²) in [6.07, 6.45) is 0. The Kier molecular flexibility index (Phi) is 4.22. The van der Waals surface area contributed by atoms with Gasteiger partial charge in [-0.15, -0.1) is 0 Å². The van der Waals surface area contributed by atoms with Crippen LogP contribution in [0.3, 0.4) is 0 Å². The zero-order valence-electron chi connectivity index (χ0n) is 11.2. The quantitative estimate of drug-likeness (QED) is 0.600. The van der Waals surface area contributed by atoms with Gasteiger partial charge in [0.05, 0.1) is 10.7 Å². The first-order valence-electron chi connectivity index (χ1n) is 6.03. The van der Waals surface area contributed by atoms with Crippen LogP contribution >= 0.6 is 11.6 Å². The summed E-state index contributed by atoms with van der Waals surface area (Å²) in [5.74, 6) is 5.50. The maximum Gasteiger partial charge on any atom is 0.255 e. The van der Waals surface area contributed by atoms with Crippen molar-refractivity contribution in [3.05, 3.63) is 52.2 Å². The second-order valence-electron chi connectivity index (χ2n) is 4.41. The van der Waals surface area contributed by atoms with Crippen LogP contribution in [0.15, 0.2) is 30.3 Å². The number of carbonyl (C=O) groups excluding carboxylic acids is 1. The zero-order valence-corrected chi connectivity index (χ0v) is 12.0. The Morgan fingerprint density at radius 1 is 1.30 bits per heavy atom. The van der Waals surface area contributed by atoms with Gasteiger partial charge in [0.15, 0.2) is 0 Å². The maximum absolute atomic E-state index is 12.3. The summed E-state index contributed by atoms with van der Waals surface area (Å²) in [7, 11) is 0. The smallest absolute Gasteiger partial charge is 0.255 e. The monoisotopic (exact) mass is 290 g/mol. The van der Waals surface area contributed by atoms with Crippen molar-refractivity contribution < 1.29 is 4.79 Å². The van der Waals surface area contributed by atoms with E-state index in [4.69, 9.17) is 17.4 Å². The van der Waals surface area contributed by atoms with Gasteiger partial charge in [-0.05, 0) is 37.6 Å². The average molecular weight is 291 g/mol. The molecule has 0 atom stereocenters. The number of halogens is 1. The van der Waals surface area contributed by atoms with Crippen LogP contribution in [0, 0.1) is 13.8 Å². The van der Waals surface area contributed by atoms with E-state index in [0.717, 1.165) is 5.56 Å². The topological polar surface area (TPSA) is 80.0 Å². The number of rotatable bonds is 3. The van der Waals surface area contributed by atoms with Crippen molar-refractivity contribution in [2.45, 2.75) is 13.8 Å². The molecule has 0 aliphatic carbocycles. The van der Waals surface area contributed by atoms with Crippen LogP contribution in [0.2, 0.25) is 5.02 Å². The van der Waals surface area contributed by atoms with Gasteiger partial charge in [0.1, 0.15) is 5.82 Å². The minimum absolute atomic E-state index is 0.261. The molecule has 1 aromatic carbocycles. The highest BCUT2D eigenvalue weighted by molar-refractivity contribution is 6.34. The summed E-state index contributed by atoms with van der Waals surface area (Å²) < 4.78 is 0. The van der Waals surface area contributed by atoms with E-state index in [0.29, 0.717) is 27.8 Å². The van der Waals surface area contributed by atoms with Gasteiger partial charge in [-0.25, -0.2) is 10.8 Å². The summed E-state index contributed by atoms with van der Waals surface area (Å²) in [6, 6.07) is 8.71. The normalized spacial score (nSPS) is 10.2. The van der Waals surface area contributed by atoms with Crippen molar-refractivity contribution in [2.24, 2.45) is 5.84 Å². The number of anilines is 2. The molecule has 0 saturated heterocycles. The first-order valence-corrected chi connectivity index (χ1v) is 6.41. The van der Waals surface area contributed by atoms with E-state index in [-0.39, 0.29) is 5.91 Å². The molecule has 2 rings (SSSR count). The first-order chi connectivity index (χ1) is 9.51. The van der Waals surface area contributed by atoms with Gasteiger partial charge in [-0.1, -0.05) is 23.7 Å². The molecule has 4 N–H and O–H groups in total. The fraction of sp³-hybridized carbons (Fsp3) is 0.143. The van der Waals surface area contributed by atoms with E-state index in [1.54, 1.807) is 25.1 Å². The van der Waals surface area contributed by atoms with Gasteiger partial charge in [-0.3, -0.25) is 4.79 Å². The summed E-state index contributed by atoms with van der Waals surface area (Å²) >= 11 is 6.09. The molecule has 0 aliphatic rings. The van der Waals surface area contributed by atoms with E-state index in [1.165, 1.54) is 0 Å². The molecule has 1 heterocycles. The third kappa shape index (κ3) is 3.07. The molecular formula is C14H15ClN4O. The van der Waals surface area contributed by atoms with Crippen LogP contribution in [0.25, 0.3) is 0 Å². The number of hydrogen-bond donors (Lipinski definition) is 3. The Morgan fingerprint density at radius 2 is 2.05 bits per heavy atom. The lowest BCUT2D eigenvalue weighted by molar-refractivity contribution is 0.102. The van der Waals surface area contributed by atoms with Crippen LogP contribution in [-0.4, -0.2) is 10.9 Å². The number of hydrazine groups is 1. The molecule has 1 aromatic heterocycles. The summed E-state index contributed by atoms with van der Waals surface area (Å²) in [6.45, 7) is 3.67. The molecule has 0 saturated carbocycles. The van der Waals surface area contributed by atoms with Crippen molar-refractivity contribution in [3.8, 4) is 0 Å². The lowest BCUT2D eigenvalue weighted by Crippen LogP contribution is -2.16. The number of benzene rings is 1. The molecule has 2 aromatic rings. The minimum Gasteiger partial charge on any atom is -0.320 e. The Bertz CT molecular complexity index is 637. The number of aryl methyl sites for hydroxylation is 2. The molecule has 0 spiro atoms. The number of hydrogen-bond acceptors (Lipinski definition) is 4. The standard InChI is InChI=1S/C14H15ClN4O/c1-8-4-3-5-11(15)13(8)18-14(20)10-6-9(2)17-12(7-10)19-16/h3-7H,16H2,1-2H3,(H,17,19)(H,18,20). The van der Waals surface area contributed by atoms with E-state index in [1.807, 2.05) is 19.1 Å². The van der Waals surface area contributed by atoms with E-state index >= 15 is 0 Å². The number of carbonyl (C=O) groups is 1. The molecule has 1 amide bonds. The molecule has 0 bridgehead atoms. The lowest BCUT2D eigenvalue weighted by atomic mass is 10.1. The van der Waals surface area contributed by atoms with Gasteiger partial charge < -0.3 is 10.7 Å². The third-order valence-corrected chi connectivity index (χ3v) is 3.14. The Morgan fingerprint density at radius 3 is 2.70 bits per heavy atom. The Hall–Kier alpha value is -2.11. The van der Waals surface area contributed by atoms with Gasteiger partial charge in [0.2, 0.25) is 0 Å².